The number of urea groups is 1. The van der Waals surface area contributed by atoms with E-state index >= 15 is 0 Å². The quantitative estimate of drug-likeness (QED) is 0.738. The van der Waals surface area contributed by atoms with Crippen LogP contribution in [0, 0.1) is 0 Å². The summed E-state index contributed by atoms with van der Waals surface area (Å²) in [5.41, 5.74) is 1.05. The molecule has 2 heterocycles. The van der Waals surface area contributed by atoms with E-state index in [0.717, 1.165) is 36.9 Å². The van der Waals surface area contributed by atoms with Crippen LogP contribution in [-0.4, -0.2) is 62.8 Å². The van der Waals surface area contributed by atoms with Crippen molar-refractivity contribution in [2.75, 3.05) is 50.8 Å². The number of hydrogen-bond donors (Lipinski definition) is 2. The van der Waals surface area contributed by atoms with E-state index in [2.05, 4.69) is 15.5 Å². The molecule has 6 nitrogen and oxygen atoms in total. The summed E-state index contributed by atoms with van der Waals surface area (Å²) in [7, 11) is 0. The van der Waals surface area contributed by atoms with Crippen LogP contribution >= 0.6 is 0 Å². The van der Waals surface area contributed by atoms with Gasteiger partial charge in [0.05, 0.1) is 11.6 Å². The van der Waals surface area contributed by atoms with Crippen molar-refractivity contribution in [2.45, 2.75) is 18.6 Å². The van der Waals surface area contributed by atoms with Crippen molar-refractivity contribution in [1.29, 1.82) is 0 Å². The van der Waals surface area contributed by atoms with Gasteiger partial charge in [-0.05, 0) is 36.2 Å². The summed E-state index contributed by atoms with van der Waals surface area (Å²) in [6.07, 6.45) is -3.60. The molecule has 1 fully saturated rings. The molecule has 0 unspecified atom stereocenters. The highest BCUT2D eigenvalue weighted by Crippen LogP contribution is 2.31. The Bertz CT molecular complexity index is 929. The van der Waals surface area contributed by atoms with E-state index in [-0.39, 0.29) is 12.1 Å². The second kappa shape index (κ2) is 9.68. The SMILES string of the molecule is O=C(NCCN1CCN(c2cccc(C(F)(F)F)c2)CC1)N[C@@H]1COc2ccccc2C1. The van der Waals surface area contributed by atoms with Gasteiger partial charge >= 0.3 is 12.2 Å². The number of ether oxygens (including phenoxy) is 1. The summed E-state index contributed by atoms with van der Waals surface area (Å²) in [5, 5.41) is 5.83. The Morgan fingerprint density at radius 2 is 1.84 bits per heavy atom. The van der Waals surface area contributed by atoms with E-state index in [0.29, 0.717) is 38.5 Å². The van der Waals surface area contributed by atoms with E-state index in [4.69, 9.17) is 4.74 Å². The van der Waals surface area contributed by atoms with E-state index in [1.54, 1.807) is 6.07 Å². The number of alkyl halides is 3. The number of piperazine rings is 1. The van der Waals surface area contributed by atoms with Gasteiger partial charge in [-0.25, -0.2) is 4.79 Å². The first-order valence-electron chi connectivity index (χ1n) is 10.8. The Morgan fingerprint density at radius 3 is 2.62 bits per heavy atom. The second-order valence-corrected chi connectivity index (χ2v) is 8.10. The van der Waals surface area contributed by atoms with Crippen molar-refractivity contribution in [3.05, 3.63) is 59.7 Å². The van der Waals surface area contributed by atoms with Gasteiger partial charge in [0.25, 0.3) is 0 Å². The first-order chi connectivity index (χ1) is 15.4. The first-order valence-corrected chi connectivity index (χ1v) is 10.8. The number of carbonyl (C=O) groups is 1. The fourth-order valence-electron chi connectivity index (χ4n) is 4.09. The number of carbonyl (C=O) groups excluding carboxylic acids is 1. The molecule has 0 aliphatic carbocycles. The van der Waals surface area contributed by atoms with Crippen LogP contribution in [0.4, 0.5) is 23.7 Å². The molecule has 0 bridgehead atoms. The molecule has 0 saturated carbocycles. The number of para-hydroxylation sites is 1. The summed E-state index contributed by atoms with van der Waals surface area (Å²) in [6, 6.07) is 13.0. The topological polar surface area (TPSA) is 56.8 Å². The molecule has 2 aromatic rings. The van der Waals surface area contributed by atoms with Gasteiger partial charge in [0.2, 0.25) is 0 Å². The number of fused-ring (bicyclic) bond motifs is 1. The van der Waals surface area contributed by atoms with Crippen LogP contribution in [0.15, 0.2) is 48.5 Å². The molecule has 2 aliphatic rings. The lowest BCUT2D eigenvalue weighted by molar-refractivity contribution is -0.137. The van der Waals surface area contributed by atoms with Gasteiger partial charge in [-0.3, -0.25) is 4.90 Å². The highest BCUT2D eigenvalue weighted by molar-refractivity contribution is 5.74. The number of anilines is 1. The summed E-state index contributed by atoms with van der Waals surface area (Å²) >= 11 is 0. The summed E-state index contributed by atoms with van der Waals surface area (Å²) in [4.78, 5) is 16.4. The molecule has 4 rings (SSSR count). The lowest BCUT2D eigenvalue weighted by Crippen LogP contribution is -2.51. The minimum absolute atomic E-state index is 0.0686. The average molecular weight is 448 g/mol. The van der Waals surface area contributed by atoms with E-state index in [9.17, 15) is 18.0 Å². The third-order valence-electron chi connectivity index (χ3n) is 5.84. The number of benzene rings is 2. The van der Waals surface area contributed by atoms with Crippen LogP contribution in [-0.2, 0) is 12.6 Å². The Hall–Kier alpha value is -2.94. The molecule has 0 aromatic heterocycles. The van der Waals surface area contributed by atoms with Crippen molar-refractivity contribution in [2.24, 2.45) is 0 Å². The van der Waals surface area contributed by atoms with Crippen LogP contribution in [0.25, 0.3) is 0 Å². The van der Waals surface area contributed by atoms with Crippen molar-refractivity contribution >= 4 is 11.7 Å². The molecule has 0 radical (unpaired) electrons. The normalized spacial score (nSPS) is 19.1. The van der Waals surface area contributed by atoms with Gasteiger partial charge in [-0.1, -0.05) is 24.3 Å². The van der Waals surface area contributed by atoms with Crippen LogP contribution in [0.5, 0.6) is 5.75 Å². The minimum atomic E-state index is -4.34. The number of hydrogen-bond acceptors (Lipinski definition) is 4. The summed E-state index contributed by atoms with van der Waals surface area (Å²) in [5.74, 6) is 0.871. The molecule has 2 N–H and O–H groups in total. The maximum absolute atomic E-state index is 12.9. The van der Waals surface area contributed by atoms with E-state index < -0.39 is 11.7 Å². The van der Waals surface area contributed by atoms with Gasteiger partial charge in [0.15, 0.2) is 0 Å². The van der Waals surface area contributed by atoms with Crippen LogP contribution in [0.3, 0.4) is 0 Å². The maximum Gasteiger partial charge on any atom is 0.416 e. The number of halogens is 3. The lowest BCUT2D eigenvalue weighted by atomic mass is 10.0. The van der Waals surface area contributed by atoms with Gasteiger partial charge in [-0.2, -0.15) is 13.2 Å². The van der Waals surface area contributed by atoms with Crippen molar-refractivity contribution in [3.63, 3.8) is 0 Å². The second-order valence-electron chi connectivity index (χ2n) is 8.10. The predicted molar refractivity (Wildman–Crippen MR) is 116 cm³/mol. The number of nitrogens with zero attached hydrogens (tertiary/aromatic N) is 2. The largest absolute Gasteiger partial charge is 0.491 e. The standard InChI is InChI=1S/C23H27F3N4O2/c24-23(25,26)18-5-3-6-20(15-18)30-12-10-29(11-13-30)9-8-27-22(31)28-19-14-17-4-1-2-7-21(17)32-16-19/h1-7,15,19H,8-14,16H2,(H2,27,28,31)/t19-/m0/s1. The monoisotopic (exact) mass is 448 g/mol. The zero-order chi connectivity index (χ0) is 22.6. The van der Waals surface area contributed by atoms with Crippen molar-refractivity contribution in [3.8, 4) is 5.75 Å². The Morgan fingerprint density at radius 1 is 1.06 bits per heavy atom. The van der Waals surface area contributed by atoms with Crippen molar-refractivity contribution in [1.82, 2.24) is 15.5 Å². The Balaban J connectivity index is 1.16. The molecule has 2 aliphatic heterocycles. The molecule has 172 valence electrons. The number of rotatable bonds is 5. The van der Waals surface area contributed by atoms with Gasteiger partial charge in [0.1, 0.15) is 12.4 Å². The lowest BCUT2D eigenvalue weighted by Gasteiger charge is -2.36. The smallest absolute Gasteiger partial charge is 0.416 e. The van der Waals surface area contributed by atoms with Crippen LogP contribution in [0.2, 0.25) is 0 Å². The van der Waals surface area contributed by atoms with E-state index in [1.807, 2.05) is 29.2 Å². The third kappa shape index (κ3) is 5.64. The highest BCUT2D eigenvalue weighted by Gasteiger charge is 2.31. The number of nitrogens with one attached hydrogen (secondary N) is 2. The van der Waals surface area contributed by atoms with Gasteiger partial charge in [0, 0.05) is 45.0 Å². The minimum Gasteiger partial charge on any atom is -0.491 e. The average Bonchev–Trinajstić information content (AvgIpc) is 2.79. The summed E-state index contributed by atoms with van der Waals surface area (Å²) in [6.45, 7) is 4.38. The zero-order valence-corrected chi connectivity index (χ0v) is 17.7. The third-order valence-corrected chi connectivity index (χ3v) is 5.84. The molecule has 1 atom stereocenters. The fraction of sp³-hybridized carbons (Fsp3) is 0.435. The first kappa shape index (κ1) is 22.3. The van der Waals surface area contributed by atoms with Crippen LogP contribution in [0.1, 0.15) is 11.1 Å². The molecular formula is C23H27F3N4O2. The van der Waals surface area contributed by atoms with E-state index in [1.165, 1.54) is 12.1 Å². The van der Waals surface area contributed by atoms with Gasteiger partial charge < -0.3 is 20.3 Å². The number of amides is 2. The Labute approximate surface area is 185 Å². The predicted octanol–water partition coefficient (Wildman–Crippen LogP) is 3.13. The summed E-state index contributed by atoms with van der Waals surface area (Å²) < 4.78 is 44.5. The maximum atomic E-state index is 12.9. The Kier molecular flexibility index (Phi) is 6.74. The molecule has 0 spiro atoms. The fourth-order valence-corrected chi connectivity index (χ4v) is 4.09. The van der Waals surface area contributed by atoms with Crippen molar-refractivity contribution < 1.29 is 22.7 Å². The molecule has 1 saturated heterocycles. The molecular weight excluding hydrogens is 421 g/mol. The highest BCUT2D eigenvalue weighted by atomic mass is 19.4. The molecule has 9 heteroatoms. The zero-order valence-electron chi connectivity index (χ0n) is 17.7. The molecule has 2 aromatic carbocycles. The van der Waals surface area contributed by atoms with Crippen LogP contribution < -0.4 is 20.3 Å². The molecule has 2 amide bonds. The molecule has 32 heavy (non-hydrogen) atoms. The van der Waals surface area contributed by atoms with Gasteiger partial charge in [-0.15, -0.1) is 0 Å².